The summed E-state index contributed by atoms with van der Waals surface area (Å²) in [6.45, 7) is 5.00. The number of rotatable bonds is 7. The molecule has 1 saturated carbocycles. The Morgan fingerprint density at radius 2 is 2.10 bits per heavy atom. The second-order valence-corrected chi connectivity index (χ2v) is 8.82. The fourth-order valence-corrected chi connectivity index (χ4v) is 4.71. The van der Waals surface area contributed by atoms with Gasteiger partial charge in [0.2, 0.25) is 5.91 Å². The van der Waals surface area contributed by atoms with E-state index in [0.717, 1.165) is 56.8 Å². The van der Waals surface area contributed by atoms with E-state index >= 15 is 0 Å². The van der Waals surface area contributed by atoms with Crippen LogP contribution in [0, 0.1) is 18.8 Å². The molecule has 5 heteroatoms. The van der Waals surface area contributed by atoms with Crippen LogP contribution in [0.3, 0.4) is 0 Å². The summed E-state index contributed by atoms with van der Waals surface area (Å²) < 4.78 is 5.59. The number of benzene rings is 1. The van der Waals surface area contributed by atoms with Crippen molar-refractivity contribution in [2.75, 3.05) is 20.2 Å². The first-order valence-electron chi connectivity index (χ1n) is 11.2. The zero-order valence-electron chi connectivity index (χ0n) is 18.1. The number of piperidine rings is 1. The minimum Gasteiger partial charge on any atom is -0.496 e. The molecule has 0 unspecified atom stereocenters. The first kappa shape index (κ1) is 20.9. The molecule has 1 aromatic heterocycles. The Morgan fingerprint density at radius 3 is 2.80 bits per heavy atom. The molecule has 2 fully saturated rings. The third-order valence-electron chi connectivity index (χ3n) is 6.62. The number of pyridine rings is 1. The number of likely N-dealkylation sites (tertiary alicyclic amines) is 1. The fourth-order valence-electron chi connectivity index (χ4n) is 4.71. The lowest BCUT2D eigenvalue weighted by molar-refractivity contribution is -0.128. The van der Waals surface area contributed by atoms with Crippen molar-refractivity contribution in [3.05, 3.63) is 59.4 Å². The number of aromatic nitrogens is 1. The van der Waals surface area contributed by atoms with E-state index < -0.39 is 0 Å². The van der Waals surface area contributed by atoms with Crippen LogP contribution in [0.15, 0.2) is 42.6 Å². The molecule has 1 saturated heterocycles. The zero-order chi connectivity index (χ0) is 20.9. The van der Waals surface area contributed by atoms with Crippen molar-refractivity contribution in [3.63, 3.8) is 0 Å². The number of ether oxygens (including phenoxy) is 1. The number of carbonyl (C=O) groups is 1. The second-order valence-electron chi connectivity index (χ2n) is 8.82. The van der Waals surface area contributed by atoms with Crippen molar-refractivity contribution in [1.82, 2.24) is 15.2 Å². The van der Waals surface area contributed by atoms with Gasteiger partial charge in [0.05, 0.1) is 18.8 Å². The molecule has 1 amide bonds. The quantitative estimate of drug-likeness (QED) is 0.745. The van der Waals surface area contributed by atoms with Crippen LogP contribution in [0.5, 0.6) is 5.75 Å². The largest absolute Gasteiger partial charge is 0.496 e. The van der Waals surface area contributed by atoms with E-state index in [9.17, 15) is 4.79 Å². The summed E-state index contributed by atoms with van der Waals surface area (Å²) in [6, 6.07) is 12.3. The summed E-state index contributed by atoms with van der Waals surface area (Å²) in [5.41, 5.74) is 3.45. The second kappa shape index (κ2) is 9.61. The third-order valence-corrected chi connectivity index (χ3v) is 6.62. The summed E-state index contributed by atoms with van der Waals surface area (Å²) in [4.78, 5) is 19.9. The van der Waals surface area contributed by atoms with E-state index in [2.05, 4.69) is 40.3 Å². The molecule has 5 nitrogen and oxygen atoms in total. The van der Waals surface area contributed by atoms with Gasteiger partial charge in [0.25, 0.3) is 0 Å². The predicted octanol–water partition coefficient (Wildman–Crippen LogP) is 4.27. The average molecular weight is 408 g/mol. The van der Waals surface area contributed by atoms with Gasteiger partial charge in [-0.3, -0.25) is 14.7 Å². The van der Waals surface area contributed by atoms with E-state index in [0.29, 0.717) is 5.92 Å². The van der Waals surface area contributed by atoms with E-state index in [4.69, 9.17) is 4.74 Å². The standard InChI is InChI=1S/C25H33N3O2/c1-18-11-12-23(30-2)21(15-18)17-28-14-6-9-20(16-28)24(22-10-3-4-13-26-22)27-25(29)19-7-5-8-19/h3-4,10-13,15,19-20,24H,5-9,14,16-17H2,1-2H3,(H,27,29)/t20-,24+/m1/s1. The molecule has 1 N–H and O–H groups in total. The maximum Gasteiger partial charge on any atom is 0.223 e. The summed E-state index contributed by atoms with van der Waals surface area (Å²) in [5, 5.41) is 3.37. The lowest BCUT2D eigenvalue weighted by Crippen LogP contribution is -2.45. The Morgan fingerprint density at radius 1 is 1.23 bits per heavy atom. The van der Waals surface area contributed by atoms with Crippen LogP contribution in [-0.2, 0) is 11.3 Å². The van der Waals surface area contributed by atoms with Crippen LogP contribution in [0.4, 0.5) is 0 Å². The van der Waals surface area contributed by atoms with E-state index in [1.165, 1.54) is 17.5 Å². The molecule has 1 aliphatic heterocycles. The van der Waals surface area contributed by atoms with Crippen LogP contribution in [0.25, 0.3) is 0 Å². The van der Waals surface area contributed by atoms with Gasteiger partial charge >= 0.3 is 0 Å². The highest BCUT2D eigenvalue weighted by atomic mass is 16.5. The Labute approximate surface area is 179 Å². The highest BCUT2D eigenvalue weighted by molar-refractivity contribution is 5.79. The summed E-state index contributed by atoms with van der Waals surface area (Å²) >= 11 is 0. The molecule has 30 heavy (non-hydrogen) atoms. The highest BCUT2D eigenvalue weighted by Gasteiger charge is 2.33. The van der Waals surface area contributed by atoms with Crippen molar-refractivity contribution in [2.45, 2.75) is 51.6 Å². The van der Waals surface area contributed by atoms with Gasteiger partial charge in [-0.05, 0) is 63.3 Å². The van der Waals surface area contributed by atoms with Crippen molar-refractivity contribution in [1.29, 1.82) is 0 Å². The number of amides is 1. The molecule has 0 radical (unpaired) electrons. The summed E-state index contributed by atoms with van der Waals surface area (Å²) in [7, 11) is 1.74. The van der Waals surface area contributed by atoms with Crippen LogP contribution < -0.4 is 10.1 Å². The van der Waals surface area contributed by atoms with Crippen molar-refractivity contribution in [2.24, 2.45) is 11.8 Å². The van der Waals surface area contributed by atoms with Gasteiger partial charge in [-0.25, -0.2) is 0 Å². The first-order chi connectivity index (χ1) is 14.6. The molecule has 1 aromatic carbocycles. The van der Waals surface area contributed by atoms with E-state index in [1.54, 1.807) is 7.11 Å². The minimum absolute atomic E-state index is 0.0264. The molecule has 160 valence electrons. The Bertz CT molecular complexity index is 851. The molecule has 0 bridgehead atoms. The van der Waals surface area contributed by atoms with Gasteiger partial charge in [0.1, 0.15) is 5.75 Å². The third kappa shape index (κ3) is 4.84. The van der Waals surface area contributed by atoms with Crippen LogP contribution in [-0.4, -0.2) is 36.0 Å². The summed E-state index contributed by atoms with van der Waals surface area (Å²) in [6.07, 6.45) is 7.27. The van der Waals surface area contributed by atoms with Crippen LogP contribution in [0.2, 0.25) is 0 Å². The molecule has 0 spiro atoms. The normalized spacial score (nSPS) is 20.9. The van der Waals surface area contributed by atoms with Gasteiger partial charge in [-0.2, -0.15) is 0 Å². The van der Waals surface area contributed by atoms with Crippen LogP contribution >= 0.6 is 0 Å². The lowest BCUT2D eigenvalue weighted by Gasteiger charge is -2.38. The SMILES string of the molecule is COc1ccc(C)cc1CN1CCC[C@@H]([C@H](NC(=O)C2CCC2)c2ccccn2)C1. The first-order valence-corrected chi connectivity index (χ1v) is 11.2. The number of hydrogen-bond acceptors (Lipinski definition) is 4. The number of carbonyl (C=O) groups excluding carboxylic acids is 1. The molecule has 2 aromatic rings. The monoisotopic (exact) mass is 407 g/mol. The summed E-state index contributed by atoms with van der Waals surface area (Å²) in [5.74, 6) is 1.69. The van der Waals surface area contributed by atoms with Gasteiger partial charge in [0, 0.05) is 30.8 Å². The van der Waals surface area contributed by atoms with Gasteiger partial charge in [0.15, 0.2) is 0 Å². The van der Waals surface area contributed by atoms with Gasteiger partial charge < -0.3 is 10.1 Å². The maximum absolute atomic E-state index is 12.8. The highest BCUT2D eigenvalue weighted by Crippen LogP contribution is 2.33. The number of methoxy groups -OCH3 is 1. The van der Waals surface area contributed by atoms with Crippen molar-refractivity contribution >= 4 is 5.91 Å². The Kier molecular flexibility index (Phi) is 6.68. The van der Waals surface area contributed by atoms with Gasteiger partial charge in [-0.15, -0.1) is 0 Å². The minimum atomic E-state index is -0.0264. The molecule has 2 heterocycles. The number of nitrogens with one attached hydrogen (secondary N) is 1. The van der Waals surface area contributed by atoms with Crippen molar-refractivity contribution < 1.29 is 9.53 Å². The molecule has 2 aliphatic rings. The maximum atomic E-state index is 12.8. The molecule has 1 aliphatic carbocycles. The lowest BCUT2D eigenvalue weighted by atomic mass is 9.83. The number of nitrogens with zero attached hydrogens (tertiary/aromatic N) is 2. The topological polar surface area (TPSA) is 54.5 Å². The Hall–Kier alpha value is -2.40. The van der Waals surface area contributed by atoms with Crippen molar-refractivity contribution in [3.8, 4) is 5.75 Å². The van der Waals surface area contributed by atoms with Gasteiger partial charge in [-0.1, -0.05) is 30.2 Å². The molecule has 2 atom stereocenters. The zero-order valence-corrected chi connectivity index (χ0v) is 18.1. The van der Waals surface area contributed by atoms with E-state index in [1.807, 2.05) is 24.4 Å². The average Bonchev–Trinajstić information content (AvgIpc) is 2.72. The molecule has 4 rings (SSSR count). The number of hydrogen-bond donors (Lipinski definition) is 1. The van der Waals surface area contributed by atoms with Crippen LogP contribution in [0.1, 0.15) is 55.0 Å². The predicted molar refractivity (Wildman–Crippen MR) is 118 cm³/mol. The fraction of sp³-hybridized carbons (Fsp3) is 0.520. The smallest absolute Gasteiger partial charge is 0.223 e. The number of aryl methyl sites for hydroxylation is 1. The Balaban J connectivity index is 1.50. The molecular weight excluding hydrogens is 374 g/mol. The molecular formula is C25H33N3O2. The van der Waals surface area contributed by atoms with E-state index in [-0.39, 0.29) is 17.9 Å².